The molecule has 0 spiro atoms. The fourth-order valence-corrected chi connectivity index (χ4v) is 2.42. The molecule has 1 aliphatic rings. The van der Waals surface area contributed by atoms with E-state index in [1.807, 2.05) is 0 Å². The summed E-state index contributed by atoms with van der Waals surface area (Å²) in [5.74, 6) is -0.570. The molecule has 0 N–H and O–H groups in total. The fourth-order valence-electron chi connectivity index (χ4n) is 1.85. The van der Waals surface area contributed by atoms with Gasteiger partial charge < -0.3 is 0 Å². The van der Waals surface area contributed by atoms with Crippen molar-refractivity contribution in [3.8, 4) is 0 Å². The molecule has 0 saturated carbocycles. The monoisotopic (exact) mass is 314 g/mol. The Morgan fingerprint density at radius 2 is 2.12 bits per heavy atom. The minimum Gasteiger partial charge on any atom is -0.295 e. The van der Waals surface area contributed by atoms with Gasteiger partial charge in [-0.3, -0.25) is 9.53 Å². The van der Waals surface area contributed by atoms with Crippen LogP contribution in [0.5, 0.6) is 0 Å². The summed E-state index contributed by atoms with van der Waals surface area (Å²) in [5, 5.41) is 0.0321. The molecule has 0 bridgehead atoms. The minimum absolute atomic E-state index is 0.0321. The zero-order valence-electron chi connectivity index (χ0n) is 9.60. The third-order valence-corrected chi connectivity index (χ3v) is 4.17. The highest BCUT2D eigenvalue weighted by atomic mass is 79.9. The van der Waals surface area contributed by atoms with Crippen LogP contribution in [0.3, 0.4) is 0 Å². The van der Waals surface area contributed by atoms with Crippen molar-refractivity contribution in [2.45, 2.75) is 38.7 Å². The summed E-state index contributed by atoms with van der Waals surface area (Å²) in [6.45, 7) is 3.05. The Labute approximate surface area is 106 Å². The van der Waals surface area contributed by atoms with Crippen LogP contribution in [0.4, 0.5) is 13.2 Å². The molecule has 2 atom stereocenters. The van der Waals surface area contributed by atoms with E-state index in [0.29, 0.717) is 12.0 Å². The molecule has 0 heterocycles. The maximum atomic E-state index is 12.3. The lowest BCUT2D eigenvalue weighted by Gasteiger charge is -2.37. The number of allylic oxidation sites excluding steroid dienone is 2. The van der Waals surface area contributed by atoms with E-state index in [1.165, 1.54) is 6.92 Å². The summed E-state index contributed by atoms with van der Waals surface area (Å²) in [5.41, 5.74) is -0.796. The second-order valence-corrected chi connectivity index (χ2v) is 5.00. The number of alkyl halides is 4. The third-order valence-electron chi connectivity index (χ3n) is 3.06. The first-order valence-electron chi connectivity index (χ1n) is 5.21. The minimum atomic E-state index is -4.69. The first-order valence-corrected chi connectivity index (χ1v) is 6.33. The molecular formula is C11H14BrF3O2. The number of carbonyl (C=O) groups is 1. The predicted octanol–water partition coefficient (Wildman–Crippen LogP) is 3.60. The van der Waals surface area contributed by atoms with Gasteiger partial charge >= 0.3 is 6.36 Å². The smallest absolute Gasteiger partial charge is 0.295 e. The van der Waals surface area contributed by atoms with Crippen LogP contribution < -0.4 is 0 Å². The van der Waals surface area contributed by atoms with Crippen molar-refractivity contribution < 1.29 is 22.7 Å². The molecule has 1 aliphatic carbocycles. The highest BCUT2D eigenvalue weighted by molar-refractivity contribution is 9.09. The van der Waals surface area contributed by atoms with Crippen molar-refractivity contribution >= 4 is 21.7 Å². The molecule has 0 radical (unpaired) electrons. The molecular weight excluding hydrogens is 301 g/mol. The molecule has 0 aromatic heterocycles. The van der Waals surface area contributed by atoms with E-state index in [1.54, 1.807) is 13.0 Å². The average Bonchev–Trinajstić information content (AvgIpc) is 2.19. The summed E-state index contributed by atoms with van der Waals surface area (Å²) in [7, 11) is 0. The Morgan fingerprint density at radius 3 is 2.53 bits per heavy atom. The molecule has 98 valence electrons. The first-order chi connectivity index (χ1) is 7.68. The van der Waals surface area contributed by atoms with E-state index in [9.17, 15) is 18.0 Å². The van der Waals surface area contributed by atoms with Gasteiger partial charge in [0.1, 0.15) is 0 Å². The molecule has 17 heavy (non-hydrogen) atoms. The van der Waals surface area contributed by atoms with Gasteiger partial charge in [0.25, 0.3) is 0 Å². The van der Waals surface area contributed by atoms with Crippen molar-refractivity contribution in [1.29, 1.82) is 0 Å². The second kappa shape index (κ2) is 5.10. The number of ketones is 1. The van der Waals surface area contributed by atoms with Crippen LogP contribution in [-0.2, 0) is 9.53 Å². The van der Waals surface area contributed by atoms with Crippen LogP contribution in [0.25, 0.3) is 0 Å². The SMILES string of the molecule is CC1=CC[C@@H](C(C)(CBr)OC(F)(F)F)CC1=O. The zero-order chi connectivity index (χ0) is 13.3. The lowest BCUT2D eigenvalue weighted by molar-refractivity contribution is -0.367. The van der Waals surface area contributed by atoms with Gasteiger partial charge in [0.2, 0.25) is 0 Å². The number of hydrogen-bond donors (Lipinski definition) is 0. The van der Waals surface area contributed by atoms with Crippen molar-refractivity contribution in [2.75, 3.05) is 5.33 Å². The third kappa shape index (κ3) is 3.81. The van der Waals surface area contributed by atoms with Gasteiger partial charge in [-0.15, -0.1) is 13.2 Å². The van der Waals surface area contributed by atoms with Gasteiger partial charge in [0, 0.05) is 11.8 Å². The number of halogens is 4. The van der Waals surface area contributed by atoms with E-state index in [2.05, 4.69) is 20.7 Å². The van der Waals surface area contributed by atoms with Crippen molar-refractivity contribution in [3.63, 3.8) is 0 Å². The Balaban J connectivity index is 2.85. The lowest BCUT2D eigenvalue weighted by Crippen LogP contribution is -2.45. The molecule has 1 unspecified atom stereocenters. The maximum Gasteiger partial charge on any atom is 0.523 e. The van der Waals surface area contributed by atoms with E-state index in [-0.39, 0.29) is 17.5 Å². The Morgan fingerprint density at radius 1 is 1.53 bits per heavy atom. The Hall–Kier alpha value is -0.360. The number of ether oxygens (including phenoxy) is 1. The molecule has 2 nitrogen and oxygen atoms in total. The molecule has 1 rings (SSSR count). The number of hydrogen-bond acceptors (Lipinski definition) is 2. The summed E-state index contributed by atoms with van der Waals surface area (Å²) in [4.78, 5) is 11.5. The van der Waals surface area contributed by atoms with Crippen LogP contribution in [0.1, 0.15) is 26.7 Å². The maximum absolute atomic E-state index is 12.3. The summed E-state index contributed by atoms with van der Waals surface area (Å²) in [6.07, 6.45) is -2.49. The van der Waals surface area contributed by atoms with Gasteiger partial charge in [-0.25, -0.2) is 0 Å². The van der Waals surface area contributed by atoms with Gasteiger partial charge in [0.05, 0.1) is 5.60 Å². The van der Waals surface area contributed by atoms with Gasteiger partial charge in [-0.05, 0) is 31.8 Å². The fraction of sp³-hybridized carbons (Fsp3) is 0.727. The molecule has 0 aromatic carbocycles. The lowest BCUT2D eigenvalue weighted by atomic mass is 9.79. The Bertz CT molecular complexity index is 338. The number of Topliss-reactive ketones (excluding diaryl/α,β-unsaturated/α-hetero) is 1. The first kappa shape index (κ1) is 14.7. The standard InChI is InChI=1S/C11H14BrF3O2/c1-7-3-4-8(5-9(7)16)10(2,6-12)17-11(13,14)15/h3,8H,4-6H2,1-2H3/t8-,10?/m1/s1. The predicted molar refractivity (Wildman–Crippen MR) is 60.8 cm³/mol. The normalized spacial score (nSPS) is 25.4. The summed E-state index contributed by atoms with van der Waals surface area (Å²) in [6, 6.07) is 0. The van der Waals surface area contributed by atoms with E-state index < -0.39 is 17.9 Å². The van der Waals surface area contributed by atoms with E-state index >= 15 is 0 Å². The van der Waals surface area contributed by atoms with Gasteiger partial charge in [-0.2, -0.15) is 0 Å². The second-order valence-electron chi connectivity index (χ2n) is 4.44. The van der Waals surface area contributed by atoms with Crippen LogP contribution in [-0.4, -0.2) is 23.1 Å². The van der Waals surface area contributed by atoms with Crippen molar-refractivity contribution in [1.82, 2.24) is 0 Å². The topological polar surface area (TPSA) is 26.3 Å². The van der Waals surface area contributed by atoms with E-state index in [4.69, 9.17) is 0 Å². The Kier molecular flexibility index (Phi) is 4.41. The average molecular weight is 315 g/mol. The number of rotatable bonds is 3. The zero-order valence-corrected chi connectivity index (χ0v) is 11.2. The molecule has 0 saturated heterocycles. The van der Waals surface area contributed by atoms with Crippen LogP contribution >= 0.6 is 15.9 Å². The van der Waals surface area contributed by atoms with Gasteiger partial charge in [0.15, 0.2) is 5.78 Å². The van der Waals surface area contributed by atoms with Crippen LogP contribution in [0, 0.1) is 5.92 Å². The van der Waals surface area contributed by atoms with Crippen LogP contribution in [0.15, 0.2) is 11.6 Å². The molecule has 0 amide bonds. The van der Waals surface area contributed by atoms with E-state index in [0.717, 1.165) is 0 Å². The molecule has 0 aromatic rings. The quantitative estimate of drug-likeness (QED) is 0.744. The summed E-state index contributed by atoms with van der Waals surface area (Å²) >= 11 is 3.04. The van der Waals surface area contributed by atoms with Crippen molar-refractivity contribution in [2.24, 2.45) is 5.92 Å². The number of carbonyl (C=O) groups excluding carboxylic acids is 1. The molecule has 6 heteroatoms. The highest BCUT2D eigenvalue weighted by Crippen LogP contribution is 2.38. The van der Waals surface area contributed by atoms with Gasteiger partial charge in [-0.1, -0.05) is 22.0 Å². The summed E-state index contributed by atoms with van der Waals surface area (Å²) < 4.78 is 41.1. The molecule has 0 fully saturated rings. The highest BCUT2D eigenvalue weighted by Gasteiger charge is 2.45. The molecule has 0 aliphatic heterocycles. The van der Waals surface area contributed by atoms with Crippen molar-refractivity contribution in [3.05, 3.63) is 11.6 Å². The largest absolute Gasteiger partial charge is 0.523 e. The van der Waals surface area contributed by atoms with Crippen LogP contribution in [0.2, 0.25) is 0 Å².